The molecule has 1 aliphatic rings. The van der Waals surface area contributed by atoms with Crippen molar-refractivity contribution < 1.29 is 9.53 Å². The number of piperazine rings is 1. The van der Waals surface area contributed by atoms with E-state index in [0.29, 0.717) is 6.54 Å². The van der Waals surface area contributed by atoms with Gasteiger partial charge >= 0.3 is 6.09 Å². The number of carbonyl (C=O) groups is 1. The number of terminal acetylenes is 1. The van der Waals surface area contributed by atoms with E-state index < -0.39 is 5.60 Å². The lowest BCUT2D eigenvalue weighted by Gasteiger charge is -2.34. The summed E-state index contributed by atoms with van der Waals surface area (Å²) in [5.41, 5.74) is -0.429. The summed E-state index contributed by atoms with van der Waals surface area (Å²) in [6, 6.07) is 0. The third kappa shape index (κ3) is 10.5. The first-order chi connectivity index (χ1) is 11.4. The molecule has 0 radical (unpaired) electrons. The van der Waals surface area contributed by atoms with Crippen molar-refractivity contribution in [2.75, 3.05) is 45.8 Å². The number of unbranched alkanes of at least 4 members (excludes halogenated alkanes) is 3. The van der Waals surface area contributed by atoms with Crippen LogP contribution in [0.25, 0.3) is 0 Å². The highest BCUT2D eigenvalue weighted by molar-refractivity contribution is 5.67. The van der Waals surface area contributed by atoms with Gasteiger partial charge < -0.3 is 19.9 Å². The molecule has 1 rings (SSSR count). The smallest absolute Gasteiger partial charge is 0.407 e. The second kappa shape index (κ2) is 11.3. The van der Waals surface area contributed by atoms with Crippen LogP contribution < -0.4 is 5.32 Å². The molecule has 1 heterocycles. The van der Waals surface area contributed by atoms with Crippen LogP contribution >= 0.6 is 0 Å². The van der Waals surface area contributed by atoms with Gasteiger partial charge in [0.25, 0.3) is 0 Å². The average molecular weight is 338 g/mol. The van der Waals surface area contributed by atoms with Crippen molar-refractivity contribution in [1.29, 1.82) is 0 Å². The van der Waals surface area contributed by atoms with Crippen LogP contribution in [0.15, 0.2) is 0 Å². The molecule has 138 valence electrons. The predicted octanol–water partition coefficient (Wildman–Crippen LogP) is 2.71. The minimum atomic E-state index is -0.429. The molecule has 5 heteroatoms. The number of carbonyl (C=O) groups excluding carboxylic acids is 1. The number of nitrogens with one attached hydrogen (secondary N) is 1. The zero-order valence-corrected chi connectivity index (χ0v) is 15.8. The minimum Gasteiger partial charge on any atom is -0.444 e. The molecule has 24 heavy (non-hydrogen) atoms. The molecule has 0 bridgehead atoms. The number of rotatable bonds is 9. The number of hydrogen-bond acceptors (Lipinski definition) is 4. The molecule has 0 aromatic carbocycles. The molecule has 1 N–H and O–H groups in total. The molecule has 5 nitrogen and oxygen atoms in total. The summed E-state index contributed by atoms with van der Waals surface area (Å²) in [7, 11) is 0. The molecule has 0 aromatic heterocycles. The van der Waals surface area contributed by atoms with Crippen LogP contribution in [-0.2, 0) is 4.74 Å². The first kappa shape index (κ1) is 20.8. The lowest BCUT2D eigenvalue weighted by Crippen LogP contribution is -2.47. The Kier molecular flexibility index (Phi) is 9.82. The van der Waals surface area contributed by atoms with E-state index in [2.05, 4.69) is 21.0 Å². The van der Waals surface area contributed by atoms with E-state index in [1.165, 1.54) is 19.4 Å². The summed E-state index contributed by atoms with van der Waals surface area (Å²) in [6.45, 7) is 13.1. The normalized spacial score (nSPS) is 16.6. The maximum Gasteiger partial charge on any atom is 0.407 e. The monoisotopic (exact) mass is 337 g/mol. The second-order valence-electron chi connectivity index (χ2n) is 7.48. The van der Waals surface area contributed by atoms with Crippen molar-refractivity contribution in [3.63, 3.8) is 0 Å². The van der Waals surface area contributed by atoms with Crippen LogP contribution in [0.5, 0.6) is 0 Å². The van der Waals surface area contributed by atoms with Crippen LogP contribution in [0.4, 0.5) is 4.79 Å². The molecular formula is C19H35N3O2. The van der Waals surface area contributed by atoms with E-state index in [1.807, 2.05) is 20.8 Å². The van der Waals surface area contributed by atoms with Gasteiger partial charge in [-0.05, 0) is 53.1 Å². The number of nitrogens with zero attached hydrogens (tertiary/aromatic N) is 2. The van der Waals surface area contributed by atoms with E-state index in [0.717, 1.165) is 52.0 Å². The lowest BCUT2D eigenvalue weighted by molar-refractivity contribution is 0.0524. The molecule has 0 spiro atoms. The summed E-state index contributed by atoms with van der Waals surface area (Å²) in [4.78, 5) is 16.6. The lowest BCUT2D eigenvalue weighted by atomic mass is 10.2. The van der Waals surface area contributed by atoms with Crippen molar-refractivity contribution >= 4 is 6.09 Å². The summed E-state index contributed by atoms with van der Waals surface area (Å²) in [5.74, 6) is 2.70. The van der Waals surface area contributed by atoms with Gasteiger partial charge in [0.1, 0.15) is 5.60 Å². The van der Waals surface area contributed by atoms with Crippen LogP contribution in [0.1, 0.15) is 52.9 Å². The Hall–Kier alpha value is -1.25. The minimum absolute atomic E-state index is 0.322. The van der Waals surface area contributed by atoms with Crippen LogP contribution in [0, 0.1) is 12.3 Å². The summed E-state index contributed by atoms with van der Waals surface area (Å²) in [6.07, 6.45) is 10.5. The largest absolute Gasteiger partial charge is 0.444 e. The third-order valence-electron chi connectivity index (χ3n) is 4.08. The SMILES string of the molecule is C#CCCCCCN1CCN(CCCNC(=O)OC(C)(C)C)CC1. The highest BCUT2D eigenvalue weighted by Gasteiger charge is 2.17. The van der Waals surface area contributed by atoms with Crippen LogP contribution in [-0.4, -0.2) is 67.3 Å². The molecule has 0 atom stereocenters. The van der Waals surface area contributed by atoms with Gasteiger partial charge in [-0.15, -0.1) is 12.3 Å². The Balaban J connectivity index is 2.00. The van der Waals surface area contributed by atoms with Crippen LogP contribution in [0.3, 0.4) is 0 Å². The van der Waals surface area contributed by atoms with E-state index in [9.17, 15) is 4.79 Å². The van der Waals surface area contributed by atoms with E-state index in [4.69, 9.17) is 11.2 Å². The van der Waals surface area contributed by atoms with Crippen LogP contribution in [0.2, 0.25) is 0 Å². The molecule has 1 fully saturated rings. The molecule has 1 aliphatic heterocycles. The van der Waals surface area contributed by atoms with Gasteiger partial charge in [-0.25, -0.2) is 4.79 Å². The number of hydrogen-bond donors (Lipinski definition) is 1. The Bertz CT molecular complexity index is 390. The summed E-state index contributed by atoms with van der Waals surface area (Å²) >= 11 is 0. The first-order valence-electron chi connectivity index (χ1n) is 9.26. The molecule has 0 unspecified atom stereocenters. The fraction of sp³-hybridized carbons (Fsp3) is 0.842. The number of amides is 1. The van der Waals surface area contributed by atoms with Gasteiger partial charge in [0.2, 0.25) is 0 Å². The van der Waals surface area contributed by atoms with Crippen molar-refractivity contribution in [2.24, 2.45) is 0 Å². The molecule has 0 saturated carbocycles. The first-order valence-corrected chi connectivity index (χ1v) is 9.26. The number of ether oxygens (including phenoxy) is 1. The molecular weight excluding hydrogens is 302 g/mol. The predicted molar refractivity (Wildman–Crippen MR) is 99.0 cm³/mol. The highest BCUT2D eigenvalue weighted by Crippen LogP contribution is 2.07. The van der Waals surface area contributed by atoms with Crippen molar-refractivity contribution in [3.05, 3.63) is 0 Å². The maximum absolute atomic E-state index is 11.6. The quantitative estimate of drug-likeness (QED) is 0.519. The Morgan fingerprint density at radius 1 is 1.04 bits per heavy atom. The maximum atomic E-state index is 11.6. The van der Waals surface area contributed by atoms with Gasteiger partial charge in [-0.1, -0.05) is 6.42 Å². The fourth-order valence-electron chi connectivity index (χ4n) is 2.78. The third-order valence-corrected chi connectivity index (χ3v) is 4.08. The number of alkyl carbamates (subject to hydrolysis) is 1. The Labute approximate surface area is 148 Å². The zero-order chi connectivity index (χ0) is 17.8. The van der Waals surface area contributed by atoms with E-state index in [-0.39, 0.29) is 6.09 Å². The standard InChI is InChI=1S/C19H35N3O2/c1-5-6-7-8-9-12-21-14-16-22(17-15-21)13-10-11-20-18(23)24-19(2,3)4/h1H,6-17H2,2-4H3,(H,20,23). The Morgan fingerprint density at radius 2 is 1.62 bits per heavy atom. The molecule has 0 aromatic rings. The second-order valence-corrected chi connectivity index (χ2v) is 7.48. The Morgan fingerprint density at radius 3 is 2.17 bits per heavy atom. The van der Waals surface area contributed by atoms with Crippen molar-refractivity contribution in [1.82, 2.24) is 15.1 Å². The van der Waals surface area contributed by atoms with Gasteiger partial charge in [0, 0.05) is 39.1 Å². The zero-order valence-electron chi connectivity index (χ0n) is 15.8. The van der Waals surface area contributed by atoms with Crippen molar-refractivity contribution in [3.8, 4) is 12.3 Å². The van der Waals surface area contributed by atoms with Gasteiger partial charge in [-0.2, -0.15) is 0 Å². The van der Waals surface area contributed by atoms with Crippen molar-refractivity contribution in [2.45, 2.75) is 58.5 Å². The topological polar surface area (TPSA) is 44.8 Å². The molecule has 1 saturated heterocycles. The molecule has 0 aliphatic carbocycles. The summed E-state index contributed by atoms with van der Waals surface area (Å²) < 4.78 is 5.22. The summed E-state index contributed by atoms with van der Waals surface area (Å²) in [5, 5.41) is 2.82. The average Bonchev–Trinajstić information content (AvgIpc) is 2.51. The highest BCUT2D eigenvalue weighted by atomic mass is 16.6. The van der Waals surface area contributed by atoms with Gasteiger partial charge in [-0.3, -0.25) is 0 Å². The van der Waals surface area contributed by atoms with E-state index in [1.54, 1.807) is 0 Å². The molecule has 1 amide bonds. The van der Waals surface area contributed by atoms with E-state index >= 15 is 0 Å². The van der Waals surface area contributed by atoms with Gasteiger partial charge in [0.05, 0.1) is 0 Å². The fourth-order valence-corrected chi connectivity index (χ4v) is 2.78. The van der Waals surface area contributed by atoms with Gasteiger partial charge in [0.15, 0.2) is 0 Å².